The molecule has 3 heteroatoms. The number of carbonyl (C=O) groups excluding carboxylic acids is 1. The SMILES string of the molecule is COC(=O)c1ccc2cccc(-c3cccc4c3OCC4)c2c1. The molecule has 1 heterocycles. The number of methoxy groups -OCH3 is 1. The van der Waals surface area contributed by atoms with Crippen molar-refractivity contribution >= 4 is 16.7 Å². The van der Waals surface area contributed by atoms with E-state index < -0.39 is 0 Å². The van der Waals surface area contributed by atoms with E-state index in [0.29, 0.717) is 5.56 Å². The highest BCUT2D eigenvalue weighted by atomic mass is 16.5. The first-order valence-corrected chi connectivity index (χ1v) is 7.64. The monoisotopic (exact) mass is 304 g/mol. The number of hydrogen-bond acceptors (Lipinski definition) is 3. The zero-order valence-corrected chi connectivity index (χ0v) is 12.8. The van der Waals surface area contributed by atoms with Gasteiger partial charge in [-0.2, -0.15) is 0 Å². The molecule has 3 nitrogen and oxygen atoms in total. The molecule has 0 saturated heterocycles. The number of carbonyl (C=O) groups is 1. The molecular formula is C20H16O3. The number of benzene rings is 3. The van der Waals surface area contributed by atoms with E-state index in [9.17, 15) is 4.79 Å². The number of hydrogen-bond donors (Lipinski definition) is 0. The summed E-state index contributed by atoms with van der Waals surface area (Å²) in [5.74, 6) is 0.639. The van der Waals surface area contributed by atoms with Crippen molar-refractivity contribution in [1.29, 1.82) is 0 Å². The predicted octanol–water partition coefficient (Wildman–Crippen LogP) is 4.23. The van der Waals surface area contributed by atoms with Gasteiger partial charge >= 0.3 is 5.97 Å². The van der Waals surface area contributed by atoms with Crippen molar-refractivity contribution in [3.05, 3.63) is 65.7 Å². The van der Waals surface area contributed by atoms with E-state index in [1.165, 1.54) is 12.7 Å². The lowest BCUT2D eigenvalue weighted by molar-refractivity contribution is 0.0601. The molecule has 3 aromatic carbocycles. The summed E-state index contributed by atoms with van der Waals surface area (Å²) < 4.78 is 10.7. The second kappa shape index (κ2) is 5.43. The molecule has 1 aliphatic heterocycles. The third-order valence-corrected chi connectivity index (χ3v) is 4.31. The summed E-state index contributed by atoms with van der Waals surface area (Å²) in [6.07, 6.45) is 0.946. The third kappa shape index (κ3) is 2.25. The molecule has 0 bridgehead atoms. The van der Waals surface area contributed by atoms with E-state index in [1.807, 2.05) is 24.3 Å². The van der Waals surface area contributed by atoms with Gasteiger partial charge in [-0.15, -0.1) is 0 Å². The highest BCUT2D eigenvalue weighted by Crippen LogP contribution is 2.39. The standard InChI is InChI=1S/C20H16O3/c1-22-20(21)15-9-8-13-4-2-6-16(18(13)12-15)17-7-3-5-14-10-11-23-19(14)17/h2-9,12H,10-11H2,1H3. The Morgan fingerprint density at radius 1 is 1.04 bits per heavy atom. The van der Waals surface area contributed by atoms with E-state index in [-0.39, 0.29) is 5.97 Å². The highest BCUT2D eigenvalue weighted by Gasteiger charge is 2.18. The molecule has 0 atom stereocenters. The van der Waals surface area contributed by atoms with Crippen molar-refractivity contribution in [2.75, 3.05) is 13.7 Å². The van der Waals surface area contributed by atoms with Crippen LogP contribution in [0.3, 0.4) is 0 Å². The van der Waals surface area contributed by atoms with Crippen LogP contribution >= 0.6 is 0 Å². The molecule has 1 aliphatic rings. The molecule has 0 amide bonds. The van der Waals surface area contributed by atoms with Gasteiger partial charge in [0.2, 0.25) is 0 Å². The smallest absolute Gasteiger partial charge is 0.337 e. The first-order chi connectivity index (χ1) is 11.3. The second-order valence-electron chi connectivity index (χ2n) is 5.63. The Labute approximate surface area is 134 Å². The molecule has 0 fully saturated rings. The molecule has 4 rings (SSSR count). The van der Waals surface area contributed by atoms with Crippen molar-refractivity contribution in [1.82, 2.24) is 0 Å². The van der Waals surface area contributed by atoms with E-state index in [2.05, 4.69) is 24.3 Å². The van der Waals surface area contributed by atoms with Crippen LogP contribution in [0.15, 0.2) is 54.6 Å². The average molecular weight is 304 g/mol. The zero-order chi connectivity index (χ0) is 15.8. The average Bonchev–Trinajstić information content (AvgIpc) is 3.09. The Hall–Kier alpha value is -2.81. The largest absolute Gasteiger partial charge is 0.492 e. The van der Waals surface area contributed by atoms with Crippen LogP contribution in [0.2, 0.25) is 0 Å². The molecule has 3 aromatic rings. The summed E-state index contributed by atoms with van der Waals surface area (Å²) in [6.45, 7) is 0.727. The number of para-hydroxylation sites is 1. The van der Waals surface area contributed by atoms with Crippen LogP contribution in [0.5, 0.6) is 5.75 Å². The maximum absolute atomic E-state index is 11.8. The van der Waals surface area contributed by atoms with Crippen molar-refractivity contribution in [2.24, 2.45) is 0 Å². The highest BCUT2D eigenvalue weighted by molar-refractivity contribution is 6.02. The first kappa shape index (κ1) is 13.8. The third-order valence-electron chi connectivity index (χ3n) is 4.31. The van der Waals surface area contributed by atoms with E-state index in [0.717, 1.165) is 40.7 Å². The normalized spacial score (nSPS) is 12.7. The van der Waals surface area contributed by atoms with E-state index >= 15 is 0 Å². The maximum atomic E-state index is 11.8. The summed E-state index contributed by atoms with van der Waals surface area (Å²) >= 11 is 0. The van der Waals surface area contributed by atoms with Gasteiger partial charge in [0.25, 0.3) is 0 Å². The Kier molecular flexibility index (Phi) is 3.27. The fourth-order valence-corrected chi connectivity index (χ4v) is 3.18. The van der Waals surface area contributed by atoms with Gasteiger partial charge in [0, 0.05) is 12.0 Å². The quantitative estimate of drug-likeness (QED) is 0.665. The van der Waals surface area contributed by atoms with Crippen molar-refractivity contribution in [2.45, 2.75) is 6.42 Å². The van der Waals surface area contributed by atoms with Gasteiger partial charge in [-0.05, 0) is 34.0 Å². The molecule has 114 valence electrons. The Morgan fingerprint density at radius 2 is 1.87 bits per heavy atom. The minimum absolute atomic E-state index is 0.323. The lowest BCUT2D eigenvalue weighted by Crippen LogP contribution is -2.00. The molecule has 23 heavy (non-hydrogen) atoms. The van der Waals surface area contributed by atoms with Crippen LogP contribution in [-0.2, 0) is 11.2 Å². The maximum Gasteiger partial charge on any atom is 0.337 e. The van der Waals surface area contributed by atoms with Crippen molar-refractivity contribution in [3.8, 4) is 16.9 Å². The van der Waals surface area contributed by atoms with Crippen LogP contribution in [0.1, 0.15) is 15.9 Å². The minimum Gasteiger partial charge on any atom is -0.492 e. The van der Waals surface area contributed by atoms with Crippen LogP contribution < -0.4 is 4.74 Å². The zero-order valence-electron chi connectivity index (χ0n) is 12.8. The number of esters is 1. The van der Waals surface area contributed by atoms with Gasteiger partial charge < -0.3 is 9.47 Å². The number of rotatable bonds is 2. The fourth-order valence-electron chi connectivity index (χ4n) is 3.18. The molecule has 0 unspecified atom stereocenters. The number of ether oxygens (including phenoxy) is 2. The molecular weight excluding hydrogens is 288 g/mol. The Balaban J connectivity index is 1.97. The van der Waals surface area contributed by atoms with Gasteiger partial charge in [0.15, 0.2) is 0 Å². The van der Waals surface area contributed by atoms with Crippen molar-refractivity contribution < 1.29 is 14.3 Å². The molecule has 0 aliphatic carbocycles. The fraction of sp³-hybridized carbons (Fsp3) is 0.150. The van der Waals surface area contributed by atoms with Gasteiger partial charge in [-0.25, -0.2) is 4.79 Å². The molecule has 0 N–H and O–H groups in total. The van der Waals surface area contributed by atoms with Crippen LogP contribution in [0.25, 0.3) is 21.9 Å². The van der Waals surface area contributed by atoms with Crippen LogP contribution in [-0.4, -0.2) is 19.7 Å². The predicted molar refractivity (Wildman–Crippen MR) is 89.9 cm³/mol. The lowest BCUT2D eigenvalue weighted by Gasteiger charge is -2.12. The lowest BCUT2D eigenvalue weighted by atomic mass is 9.95. The first-order valence-electron chi connectivity index (χ1n) is 7.64. The summed E-state index contributed by atoms with van der Waals surface area (Å²) in [6, 6.07) is 18.0. The van der Waals surface area contributed by atoms with Crippen molar-refractivity contribution in [3.63, 3.8) is 0 Å². The van der Waals surface area contributed by atoms with Gasteiger partial charge in [-0.1, -0.05) is 42.5 Å². The van der Waals surface area contributed by atoms with Crippen LogP contribution in [0.4, 0.5) is 0 Å². The second-order valence-corrected chi connectivity index (χ2v) is 5.63. The Morgan fingerprint density at radius 3 is 2.74 bits per heavy atom. The van der Waals surface area contributed by atoms with Gasteiger partial charge in [0.05, 0.1) is 19.3 Å². The molecule has 0 radical (unpaired) electrons. The summed E-state index contributed by atoms with van der Waals surface area (Å²) in [5.41, 5.74) is 3.95. The topological polar surface area (TPSA) is 35.5 Å². The molecule has 0 aromatic heterocycles. The summed E-state index contributed by atoms with van der Waals surface area (Å²) in [5, 5.41) is 2.12. The van der Waals surface area contributed by atoms with Crippen LogP contribution in [0, 0.1) is 0 Å². The van der Waals surface area contributed by atoms with Gasteiger partial charge in [-0.3, -0.25) is 0 Å². The molecule has 0 saturated carbocycles. The summed E-state index contributed by atoms with van der Waals surface area (Å²) in [4.78, 5) is 11.8. The van der Waals surface area contributed by atoms with Gasteiger partial charge in [0.1, 0.15) is 5.75 Å². The van der Waals surface area contributed by atoms with E-state index in [4.69, 9.17) is 9.47 Å². The minimum atomic E-state index is -0.323. The Bertz CT molecular complexity index is 912. The molecule has 0 spiro atoms. The number of fused-ring (bicyclic) bond motifs is 2. The summed E-state index contributed by atoms with van der Waals surface area (Å²) in [7, 11) is 1.40. The van der Waals surface area contributed by atoms with E-state index in [1.54, 1.807) is 6.07 Å².